The SMILES string of the molecule is Cc1cccc(C2/C(=C(/O)c3ccc(OC(C)C)cc3)C(=O)C(=O)N2c2ccc(C(C)C)cc2)c1. The van der Waals surface area contributed by atoms with Gasteiger partial charge in [0.05, 0.1) is 17.7 Å². The number of ether oxygens (including phenoxy) is 1. The number of ketones is 1. The molecule has 1 atom stereocenters. The number of amides is 1. The first kappa shape index (κ1) is 24.3. The molecule has 1 aliphatic rings. The van der Waals surface area contributed by atoms with Crippen molar-refractivity contribution in [2.45, 2.75) is 52.7 Å². The van der Waals surface area contributed by atoms with Crippen molar-refractivity contribution >= 4 is 23.1 Å². The maximum absolute atomic E-state index is 13.3. The first-order chi connectivity index (χ1) is 16.7. The third kappa shape index (κ3) is 4.85. The second-order valence-corrected chi connectivity index (χ2v) is 9.52. The summed E-state index contributed by atoms with van der Waals surface area (Å²) in [7, 11) is 0. The van der Waals surface area contributed by atoms with Crippen LogP contribution in [0, 0.1) is 6.92 Å². The zero-order valence-corrected chi connectivity index (χ0v) is 20.8. The Morgan fingerprint density at radius 1 is 0.914 bits per heavy atom. The molecule has 5 nitrogen and oxygen atoms in total. The zero-order valence-electron chi connectivity index (χ0n) is 20.8. The van der Waals surface area contributed by atoms with E-state index in [-0.39, 0.29) is 17.4 Å². The van der Waals surface area contributed by atoms with Gasteiger partial charge in [-0.3, -0.25) is 14.5 Å². The van der Waals surface area contributed by atoms with E-state index in [1.165, 1.54) is 4.90 Å². The summed E-state index contributed by atoms with van der Waals surface area (Å²) in [4.78, 5) is 28.1. The minimum atomic E-state index is -0.744. The Morgan fingerprint density at radius 2 is 1.57 bits per heavy atom. The Kier molecular flexibility index (Phi) is 6.79. The second-order valence-electron chi connectivity index (χ2n) is 9.52. The van der Waals surface area contributed by atoms with E-state index in [2.05, 4.69) is 13.8 Å². The molecule has 1 unspecified atom stereocenters. The van der Waals surface area contributed by atoms with Gasteiger partial charge in [0.25, 0.3) is 11.7 Å². The van der Waals surface area contributed by atoms with E-state index in [1.54, 1.807) is 24.3 Å². The van der Waals surface area contributed by atoms with Crippen molar-refractivity contribution in [3.05, 3.63) is 101 Å². The van der Waals surface area contributed by atoms with Crippen molar-refractivity contribution < 1.29 is 19.4 Å². The third-order valence-electron chi connectivity index (χ3n) is 6.14. The topological polar surface area (TPSA) is 66.8 Å². The van der Waals surface area contributed by atoms with Gasteiger partial charge in [0.15, 0.2) is 0 Å². The highest BCUT2D eigenvalue weighted by atomic mass is 16.5. The predicted molar refractivity (Wildman–Crippen MR) is 139 cm³/mol. The smallest absolute Gasteiger partial charge is 0.300 e. The van der Waals surface area contributed by atoms with Crippen LogP contribution in [-0.4, -0.2) is 22.9 Å². The third-order valence-corrected chi connectivity index (χ3v) is 6.14. The Hall–Kier alpha value is -3.86. The van der Waals surface area contributed by atoms with Crippen molar-refractivity contribution in [3.8, 4) is 5.75 Å². The van der Waals surface area contributed by atoms with E-state index >= 15 is 0 Å². The molecule has 1 aliphatic heterocycles. The van der Waals surface area contributed by atoms with Gasteiger partial charge < -0.3 is 9.84 Å². The lowest BCUT2D eigenvalue weighted by molar-refractivity contribution is -0.132. The number of carbonyl (C=O) groups is 2. The fourth-order valence-electron chi connectivity index (χ4n) is 4.39. The van der Waals surface area contributed by atoms with E-state index < -0.39 is 17.7 Å². The van der Waals surface area contributed by atoms with Gasteiger partial charge in [-0.15, -0.1) is 0 Å². The molecule has 1 heterocycles. The molecule has 0 spiro atoms. The van der Waals surface area contributed by atoms with Gasteiger partial charge in [-0.25, -0.2) is 0 Å². The summed E-state index contributed by atoms with van der Waals surface area (Å²) in [6, 6.07) is 21.5. The number of nitrogens with zero attached hydrogens (tertiary/aromatic N) is 1. The molecule has 0 aromatic heterocycles. The molecular weight excluding hydrogens is 438 g/mol. The Balaban J connectivity index is 1.85. The summed E-state index contributed by atoms with van der Waals surface area (Å²) in [5.74, 6) is -0.557. The maximum Gasteiger partial charge on any atom is 0.300 e. The Bertz CT molecular complexity index is 1270. The molecule has 1 saturated heterocycles. The number of aryl methyl sites for hydroxylation is 1. The average Bonchev–Trinajstić information content (AvgIpc) is 3.09. The lowest BCUT2D eigenvalue weighted by atomic mass is 9.94. The predicted octanol–water partition coefficient (Wildman–Crippen LogP) is 6.53. The van der Waals surface area contributed by atoms with Crippen molar-refractivity contribution in [2.75, 3.05) is 4.90 Å². The number of aliphatic hydroxyl groups excluding tert-OH is 1. The first-order valence-corrected chi connectivity index (χ1v) is 11.9. The number of Topliss-reactive ketones (excluding diaryl/α,β-unsaturated/α-hetero) is 1. The molecule has 5 heteroatoms. The number of rotatable bonds is 6. The summed E-state index contributed by atoms with van der Waals surface area (Å²) in [6.07, 6.45) is 0.0168. The van der Waals surface area contributed by atoms with Crippen LogP contribution >= 0.6 is 0 Å². The van der Waals surface area contributed by atoms with Gasteiger partial charge >= 0.3 is 0 Å². The molecule has 180 valence electrons. The Morgan fingerprint density at radius 3 is 2.14 bits per heavy atom. The molecule has 0 saturated carbocycles. The molecule has 0 bridgehead atoms. The zero-order chi connectivity index (χ0) is 25.3. The normalized spacial score (nSPS) is 17.5. The molecule has 0 radical (unpaired) electrons. The monoisotopic (exact) mass is 469 g/mol. The van der Waals surface area contributed by atoms with Crippen molar-refractivity contribution in [1.29, 1.82) is 0 Å². The van der Waals surface area contributed by atoms with Crippen molar-refractivity contribution in [1.82, 2.24) is 0 Å². The van der Waals surface area contributed by atoms with Crippen molar-refractivity contribution in [3.63, 3.8) is 0 Å². The van der Waals surface area contributed by atoms with Crippen LogP contribution < -0.4 is 9.64 Å². The minimum Gasteiger partial charge on any atom is -0.507 e. The molecular formula is C30H31NO4. The van der Waals surface area contributed by atoms with E-state index in [4.69, 9.17) is 4.74 Å². The number of carbonyl (C=O) groups excluding carboxylic acids is 2. The molecule has 0 aliphatic carbocycles. The summed E-state index contributed by atoms with van der Waals surface area (Å²) in [5.41, 5.74) is 4.04. The van der Waals surface area contributed by atoms with Gasteiger partial charge in [0, 0.05) is 11.3 Å². The summed E-state index contributed by atoms with van der Waals surface area (Å²) >= 11 is 0. The van der Waals surface area contributed by atoms with Crippen LogP contribution in [0.5, 0.6) is 5.75 Å². The molecule has 1 amide bonds. The van der Waals surface area contributed by atoms with Gasteiger partial charge in [-0.1, -0.05) is 55.8 Å². The fraction of sp³-hybridized carbons (Fsp3) is 0.267. The second kappa shape index (κ2) is 9.79. The van der Waals surface area contributed by atoms with Crippen LogP contribution in [0.15, 0.2) is 78.4 Å². The number of hydrogen-bond donors (Lipinski definition) is 1. The van der Waals surface area contributed by atoms with E-state index in [0.29, 0.717) is 22.9 Å². The molecule has 3 aromatic carbocycles. The Labute approximate surface area is 206 Å². The van der Waals surface area contributed by atoms with Crippen LogP contribution in [0.2, 0.25) is 0 Å². The minimum absolute atomic E-state index is 0.0168. The highest BCUT2D eigenvalue weighted by molar-refractivity contribution is 6.51. The van der Waals surface area contributed by atoms with E-state index in [9.17, 15) is 14.7 Å². The highest BCUT2D eigenvalue weighted by Crippen LogP contribution is 2.42. The lowest BCUT2D eigenvalue weighted by Gasteiger charge is -2.26. The molecule has 4 rings (SSSR count). The number of aliphatic hydroxyl groups is 1. The van der Waals surface area contributed by atoms with Crippen LogP contribution in [0.3, 0.4) is 0 Å². The van der Waals surface area contributed by atoms with E-state index in [0.717, 1.165) is 16.7 Å². The van der Waals surface area contributed by atoms with Crippen LogP contribution in [0.4, 0.5) is 5.69 Å². The highest BCUT2D eigenvalue weighted by Gasteiger charge is 2.47. The number of hydrogen-bond acceptors (Lipinski definition) is 4. The van der Waals surface area contributed by atoms with Gasteiger partial charge in [0.1, 0.15) is 11.5 Å². The lowest BCUT2D eigenvalue weighted by Crippen LogP contribution is -2.29. The summed E-state index contributed by atoms with van der Waals surface area (Å²) < 4.78 is 5.69. The quantitative estimate of drug-likeness (QED) is 0.253. The fourth-order valence-corrected chi connectivity index (χ4v) is 4.39. The average molecular weight is 470 g/mol. The molecule has 3 aromatic rings. The van der Waals surface area contributed by atoms with Crippen LogP contribution in [0.1, 0.15) is 61.9 Å². The first-order valence-electron chi connectivity index (χ1n) is 11.9. The number of anilines is 1. The van der Waals surface area contributed by atoms with E-state index in [1.807, 2.05) is 69.3 Å². The summed E-state index contributed by atoms with van der Waals surface area (Å²) in [6.45, 7) is 10.0. The number of benzene rings is 3. The largest absolute Gasteiger partial charge is 0.507 e. The standard InChI is InChI=1S/C30H31NO4/c1-18(2)21-9-13-24(14-10-21)31-27(23-8-6-7-20(5)17-23)26(29(33)30(31)34)28(32)22-11-15-25(16-12-22)35-19(3)4/h6-19,27,32H,1-5H3/b28-26-. The summed E-state index contributed by atoms with van der Waals surface area (Å²) in [5, 5.41) is 11.3. The van der Waals surface area contributed by atoms with Gasteiger partial charge in [-0.2, -0.15) is 0 Å². The van der Waals surface area contributed by atoms with Crippen molar-refractivity contribution in [2.24, 2.45) is 0 Å². The van der Waals surface area contributed by atoms with Crippen LogP contribution in [0.25, 0.3) is 5.76 Å². The molecule has 35 heavy (non-hydrogen) atoms. The van der Waals surface area contributed by atoms with Crippen LogP contribution in [-0.2, 0) is 9.59 Å². The van der Waals surface area contributed by atoms with Gasteiger partial charge in [0.2, 0.25) is 0 Å². The molecule has 1 N–H and O–H groups in total. The maximum atomic E-state index is 13.3. The molecule has 1 fully saturated rings. The van der Waals surface area contributed by atoms with Gasteiger partial charge in [-0.05, 0) is 74.2 Å².